The molecule has 0 radical (unpaired) electrons. The summed E-state index contributed by atoms with van der Waals surface area (Å²) in [4.78, 5) is 11.4. The van der Waals surface area contributed by atoms with Crippen LogP contribution in [0.25, 0.3) is 0 Å². The number of ether oxygens (including phenoxy) is 1. The van der Waals surface area contributed by atoms with Crippen LogP contribution in [0.2, 0.25) is 0 Å². The number of aromatic nitrogens is 2. The van der Waals surface area contributed by atoms with Crippen molar-refractivity contribution < 1.29 is 14.6 Å². The maximum absolute atomic E-state index is 11.4. The van der Waals surface area contributed by atoms with E-state index in [9.17, 15) is 4.79 Å². The standard InChI is InChI=1S/C8H13N3O3/c1-14-3-2-9-8(13)6-4-10-11-7(6)5-12/h4,12H,2-3,5H2,1H3,(H,9,13)(H,10,11). The number of amides is 1. The number of nitrogens with zero attached hydrogens (tertiary/aromatic N) is 1. The second kappa shape index (κ2) is 5.36. The number of hydrogen-bond acceptors (Lipinski definition) is 4. The quantitative estimate of drug-likeness (QED) is 0.546. The molecule has 0 bridgehead atoms. The molecule has 1 rings (SSSR count). The third-order valence-electron chi connectivity index (χ3n) is 1.71. The van der Waals surface area contributed by atoms with Gasteiger partial charge in [0, 0.05) is 19.9 Å². The first kappa shape index (κ1) is 10.7. The fourth-order valence-electron chi connectivity index (χ4n) is 0.997. The normalized spacial score (nSPS) is 10.1. The number of aliphatic hydroxyl groups is 1. The summed E-state index contributed by atoms with van der Waals surface area (Å²) in [6.45, 7) is 0.639. The number of aromatic amines is 1. The lowest BCUT2D eigenvalue weighted by molar-refractivity contribution is 0.0934. The van der Waals surface area contributed by atoms with Crippen molar-refractivity contribution in [1.82, 2.24) is 15.5 Å². The van der Waals surface area contributed by atoms with Crippen molar-refractivity contribution in [2.45, 2.75) is 6.61 Å². The highest BCUT2D eigenvalue weighted by molar-refractivity contribution is 5.94. The van der Waals surface area contributed by atoms with E-state index in [-0.39, 0.29) is 12.5 Å². The van der Waals surface area contributed by atoms with E-state index in [2.05, 4.69) is 15.5 Å². The zero-order valence-corrected chi connectivity index (χ0v) is 7.91. The Hall–Kier alpha value is -1.40. The molecule has 0 aliphatic carbocycles. The van der Waals surface area contributed by atoms with E-state index >= 15 is 0 Å². The van der Waals surface area contributed by atoms with Crippen molar-refractivity contribution in [3.05, 3.63) is 17.5 Å². The first-order chi connectivity index (χ1) is 6.79. The van der Waals surface area contributed by atoms with Gasteiger partial charge in [-0.1, -0.05) is 0 Å². The van der Waals surface area contributed by atoms with Gasteiger partial charge in [0.05, 0.1) is 18.8 Å². The molecule has 0 atom stereocenters. The Balaban J connectivity index is 2.51. The number of aliphatic hydroxyl groups excluding tert-OH is 1. The van der Waals surface area contributed by atoms with E-state index in [0.717, 1.165) is 0 Å². The summed E-state index contributed by atoms with van der Waals surface area (Å²) < 4.78 is 4.78. The molecule has 0 unspecified atom stereocenters. The summed E-state index contributed by atoms with van der Waals surface area (Å²) in [7, 11) is 1.56. The van der Waals surface area contributed by atoms with Gasteiger partial charge in [0.1, 0.15) is 5.69 Å². The SMILES string of the molecule is COCCNC(=O)c1c[nH]nc1CO. The first-order valence-corrected chi connectivity index (χ1v) is 4.20. The average molecular weight is 199 g/mol. The fraction of sp³-hybridized carbons (Fsp3) is 0.500. The van der Waals surface area contributed by atoms with Crippen LogP contribution in [-0.4, -0.2) is 41.5 Å². The lowest BCUT2D eigenvalue weighted by Crippen LogP contribution is -2.27. The third-order valence-corrected chi connectivity index (χ3v) is 1.71. The molecule has 0 spiro atoms. The van der Waals surface area contributed by atoms with E-state index in [1.165, 1.54) is 6.20 Å². The van der Waals surface area contributed by atoms with Gasteiger partial charge in [-0.2, -0.15) is 5.10 Å². The van der Waals surface area contributed by atoms with E-state index < -0.39 is 0 Å². The third kappa shape index (κ3) is 2.54. The highest BCUT2D eigenvalue weighted by atomic mass is 16.5. The number of nitrogens with one attached hydrogen (secondary N) is 2. The fourth-order valence-corrected chi connectivity index (χ4v) is 0.997. The van der Waals surface area contributed by atoms with Gasteiger partial charge in [-0.15, -0.1) is 0 Å². The molecule has 1 aromatic heterocycles. The van der Waals surface area contributed by atoms with Crippen molar-refractivity contribution >= 4 is 5.91 Å². The molecule has 0 aliphatic heterocycles. The Labute approximate surface area is 81.3 Å². The van der Waals surface area contributed by atoms with Crippen LogP contribution in [0.3, 0.4) is 0 Å². The molecule has 0 aliphatic rings. The average Bonchev–Trinajstić information content (AvgIpc) is 2.65. The number of hydrogen-bond donors (Lipinski definition) is 3. The van der Waals surface area contributed by atoms with Crippen LogP contribution in [-0.2, 0) is 11.3 Å². The van der Waals surface area contributed by atoms with Crippen molar-refractivity contribution in [1.29, 1.82) is 0 Å². The lowest BCUT2D eigenvalue weighted by atomic mass is 10.2. The van der Waals surface area contributed by atoms with Crippen molar-refractivity contribution in [3.8, 4) is 0 Å². The Bertz CT molecular complexity index is 298. The molecule has 6 nitrogen and oxygen atoms in total. The molecule has 1 heterocycles. The topological polar surface area (TPSA) is 87.2 Å². The molecule has 0 fully saturated rings. The molecular formula is C8H13N3O3. The summed E-state index contributed by atoms with van der Waals surface area (Å²) in [5.74, 6) is -0.264. The van der Waals surface area contributed by atoms with Crippen LogP contribution in [0.15, 0.2) is 6.20 Å². The molecule has 3 N–H and O–H groups in total. The van der Waals surface area contributed by atoms with E-state index in [1.807, 2.05) is 0 Å². The molecule has 0 aromatic carbocycles. The molecule has 1 amide bonds. The molecule has 6 heteroatoms. The minimum atomic E-state index is -0.264. The predicted molar refractivity (Wildman–Crippen MR) is 48.7 cm³/mol. The summed E-state index contributed by atoms with van der Waals surface area (Å²) >= 11 is 0. The molecule has 78 valence electrons. The first-order valence-electron chi connectivity index (χ1n) is 4.20. The smallest absolute Gasteiger partial charge is 0.254 e. The highest BCUT2D eigenvalue weighted by Crippen LogP contribution is 2.03. The number of carbonyl (C=O) groups is 1. The number of carbonyl (C=O) groups excluding carboxylic acids is 1. The van der Waals surface area contributed by atoms with Crippen LogP contribution in [0, 0.1) is 0 Å². The summed E-state index contributed by atoms with van der Waals surface area (Å²) in [5, 5.41) is 17.7. The number of methoxy groups -OCH3 is 1. The van der Waals surface area contributed by atoms with Gasteiger partial charge in [0.25, 0.3) is 5.91 Å². The van der Waals surface area contributed by atoms with Gasteiger partial charge < -0.3 is 15.2 Å². The van der Waals surface area contributed by atoms with Gasteiger partial charge in [0.2, 0.25) is 0 Å². The highest BCUT2D eigenvalue weighted by Gasteiger charge is 2.12. The second-order valence-electron chi connectivity index (χ2n) is 2.65. The van der Waals surface area contributed by atoms with Crippen LogP contribution >= 0.6 is 0 Å². The van der Waals surface area contributed by atoms with Gasteiger partial charge in [-0.05, 0) is 0 Å². The van der Waals surface area contributed by atoms with Gasteiger partial charge >= 0.3 is 0 Å². The predicted octanol–water partition coefficient (Wildman–Crippen LogP) is -0.722. The maximum atomic E-state index is 11.4. The zero-order valence-electron chi connectivity index (χ0n) is 7.91. The molecule has 0 saturated carbocycles. The van der Waals surface area contributed by atoms with Gasteiger partial charge in [0.15, 0.2) is 0 Å². The monoisotopic (exact) mass is 199 g/mol. The van der Waals surface area contributed by atoms with Crippen molar-refractivity contribution in [2.75, 3.05) is 20.3 Å². The number of H-pyrrole nitrogens is 1. The lowest BCUT2D eigenvalue weighted by Gasteiger charge is -2.02. The Morgan fingerprint density at radius 1 is 1.79 bits per heavy atom. The molecular weight excluding hydrogens is 186 g/mol. The van der Waals surface area contributed by atoms with E-state index in [1.54, 1.807) is 7.11 Å². The van der Waals surface area contributed by atoms with E-state index in [0.29, 0.717) is 24.4 Å². The van der Waals surface area contributed by atoms with Crippen LogP contribution in [0.1, 0.15) is 16.1 Å². The minimum absolute atomic E-state index is 0.253. The van der Waals surface area contributed by atoms with Crippen molar-refractivity contribution in [3.63, 3.8) is 0 Å². The van der Waals surface area contributed by atoms with E-state index in [4.69, 9.17) is 9.84 Å². The van der Waals surface area contributed by atoms with Gasteiger partial charge in [-0.3, -0.25) is 9.89 Å². The largest absolute Gasteiger partial charge is 0.390 e. The summed E-state index contributed by atoms with van der Waals surface area (Å²) in [6.07, 6.45) is 1.45. The second-order valence-corrected chi connectivity index (χ2v) is 2.65. The van der Waals surface area contributed by atoms with Gasteiger partial charge in [-0.25, -0.2) is 0 Å². The van der Waals surface area contributed by atoms with Crippen LogP contribution in [0.4, 0.5) is 0 Å². The Morgan fingerprint density at radius 2 is 2.57 bits per heavy atom. The summed E-state index contributed by atoms with van der Waals surface area (Å²) in [5.41, 5.74) is 0.712. The van der Waals surface area contributed by atoms with Crippen molar-refractivity contribution in [2.24, 2.45) is 0 Å². The Morgan fingerprint density at radius 3 is 3.21 bits per heavy atom. The van der Waals surface area contributed by atoms with Crippen LogP contribution in [0.5, 0.6) is 0 Å². The zero-order chi connectivity index (χ0) is 10.4. The molecule has 1 aromatic rings. The molecule has 0 saturated heterocycles. The minimum Gasteiger partial charge on any atom is -0.390 e. The number of rotatable bonds is 5. The maximum Gasteiger partial charge on any atom is 0.254 e. The summed E-state index contributed by atoms with van der Waals surface area (Å²) in [6, 6.07) is 0. The van der Waals surface area contributed by atoms with Crippen LogP contribution < -0.4 is 5.32 Å². The molecule has 14 heavy (non-hydrogen) atoms. The Kier molecular flexibility index (Phi) is 4.09.